The van der Waals surface area contributed by atoms with E-state index in [1.54, 1.807) is 0 Å². The summed E-state index contributed by atoms with van der Waals surface area (Å²) in [5, 5.41) is 10.1. The van der Waals surface area contributed by atoms with Crippen LogP contribution in [0.1, 0.15) is 30.9 Å². The second-order valence-electron chi connectivity index (χ2n) is 5.50. The second-order valence-corrected chi connectivity index (χ2v) is 5.50. The van der Waals surface area contributed by atoms with Gasteiger partial charge in [-0.15, -0.1) is 0 Å². The molecule has 0 aliphatic heterocycles. The third kappa shape index (κ3) is 3.95. The summed E-state index contributed by atoms with van der Waals surface area (Å²) < 4.78 is 5.80. The minimum atomic E-state index is -0.417. The first-order valence-electron chi connectivity index (χ1n) is 7.23. The van der Waals surface area contributed by atoms with Crippen molar-refractivity contribution in [2.75, 3.05) is 19.7 Å². The molecule has 0 heterocycles. The Morgan fingerprint density at radius 1 is 1.32 bits per heavy atom. The Morgan fingerprint density at radius 2 is 1.95 bits per heavy atom. The van der Waals surface area contributed by atoms with Gasteiger partial charge in [0.25, 0.3) is 0 Å². The molecule has 106 valence electrons. The number of benzene rings is 1. The Morgan fingerprint density at radius 3 is 2.47 bits per heavy atom. The van der Waals surface area contributed by atoms with Gasteiger partial charge in [0.15, 0.2) is 0 Å². The Kier molecular flexibility index (Phi) is 4.83. The van der Waals surface area contributed by atoms with E-state index in [9.17, 15) is 5.11 Å². The summed E-state index contributed by atoms with van der Waals surface area (Å²) in [6, 6.07) is 6.80. The summed E-state index contributed by atoms with van der Waals surface area (Å²) >= 11 is 0. The number of aryl methyl sites for hydroxylation is 2. The van der Waals surface area contributed by atoms with E-state index in [2.05, 4.69) is 11.8 Å². The number of rotatable bonds is 7. The van der Waals surface area contributed by atoms with Crippen molar-refractivity contribution in [2.24, 2.45) is 0 Å². The zero-order valence-electron chi connectivity index (χ0n) is 12.2. The van der Waals surface area contributed by atoms with Gasteiger partial charge in [-0.2, -0.15) is 0 Å². The summed E-state index contributed by atoms with van der Waals surface area (Å²) in [5.41, 5.74) is 2.25. The van der Waals surface area contributed by atoms with Crippen LogP contribution in [0.15, 0.2) is 18.2 Å². The molecule has 3 heteroatoms. The topological polar surface area (TPSA) is 32.7 Å². The summed E-state index contributed by atoms with van der Waals surface area (Å²) in [6.07, 6.45) is 2.14. The zero-order valence-corrected chi connectivity index (χ0v) is 12.2. The van der Waals surface area contributed by atoms with Gasteiger partial charge in [0, 0.05) is 12.6 Å². The lowest BCUT2D eigenvalue weighted by molar-refractivity contribution is 0.0668. The molecule has 0 aromatic heterocycles. The molecule has 1 aliphatic carbocycles. The molecule has 19 heavy (non-hydrogen) atoms. The predicted molar refractivity (Wildman–Crippen MR) is 77.7 cm³/mol. The lowest BCUT2D eigenvalue weighted by Crippen LogP contribution is -2.37. The lowest BCUT2D eigenvalue weighted by Gasteiger charge is -2.23. The van der Waals surface area contributed by atoms with E-state index in [4.69, 9.17) is 4.74 Å². The number of para-hydroxylation sites is 1. The van der Waals surface area contributed by atoms with Gasteiger partial charge in [-0.3, -0.25) is 4.90 Å². The van der Waals surface area contributed by atoms with Crippen LogP contribution in [-0.2, 0) is 0 Å². The van der Waals surface area contributed by atoms with Gasteiger partial charge in [-0.05, 0) is 44.4 Å². The first kappa shape index (κ1) is 14.4. The van der Waals surface area contributed by atoms with Gasteiger partial charge in [0.05, 0.1) is 0 Å². The fourth-order valence-electron chi connectivity index (χ4n) is 2.51. The first-order chi connectivity index (χ1) is 9.11. The SMILES string of the molecule is CCN(CC(O)COc1c(C)cccc1C)C1CC1. The maximum absolute atomic E-state index is 10.1. The van der Waals surface area contributed by atoms with Crippen LogP contribution in [0.5, 0.6) is 5.75 Å². The molecule has 0 bridgehead atoms. The molecule has 0 spiro atoms. The van der Waals surface area contributed by atoms with Crippen LogP contribution >= 0.6 is 0 Å². The molecule has 1 fully saturated rings. The standard InChI is InChI=1S/C16H25NO2/c1-4-17(14-8-9-14)10-15(18)11-19-16-12(2)6-5-7-13(16)3/h5-7,14-15,18H,4,8-11H2,1-3H3. The van der Waals surface area contributed by atoms with Crippen molar-refractivity contribution in [2.45, 2.75) is 45.8 Å². The predicted octanol–water partition coefficient (Wildman–Crippen LogP) is 2.53. The number of likely N-dealkylation sites (N-methyl/N-ethyl adjacent to an activating group) is 1. The first-order valence-corrected chi connectivity index (χ1v) is 7.23. The average Bonchev–Trinajstić information content (AvgIpc) is 3.19. The normalized spacial score (nSPS) is 16.7. The smallest absolute Gasteiger partial charge is 0.125 e. The maximum atomic E-state index is 10.1. The molecule has 0 radical (unpaired) electrons. The number of hydrogen-bond acceptors (Lipinski definition) is 3. The number of ether oxygens (including phenoxy) is 1. The maximum Gasteiger partial charge on any atom is 0.125 e. The molecule has 1 unspecified atom stereocenters. The third-order valence-corrected chi connectivity index (χ3v) is 3.74. The van der Waals surface area contributed by atoms with Crippen LogP contribution in [0, 0.1) is 13.8 Å². The van der Waals surface area contributed by atoms with Gasteiger partial charge < -0.3 is 9.84 Å². The van der Waals surface area contributed by atoms with E-state index in [0.29, 0.717) is 19.2 Å². The van der Waals surface area contributed by atoms with Crippen LogP contribution in [-0.4, -0.2) is 41.8 Å². The highest BCUT2D eigenvalue weighted by molar-refractivity contribution is 5.39. The number of nitrogens with zero attached hydrogens (tertiary/aromatic N) is 1. The molecule has 1 N–H and O–H groups in total. The van der Waals surface area contributed by atoms with Crippen LogP contribution < -0.4 is 4.74 Å². The average molecular weight is 263 g/mol. The van der Waals surface area contributed by atoms with Crippen molar-refractivity contribution >= 4 is 0 Å². The lowest BCUT2D eigenvalue weighted by atomic mass is 10.1. The number of aliphatic hydroxyl groups is 1. The van der Waals surface area contributed by atoms with Gasteiger partial charge in [0.2, 0.25) is 0 Å². The number of aliphatic hydroxyl groups excluding tert-OH is 1. The molecule has 1 aromatic rings. The minimum Gasteiger partial charge on any atom is -0.490 e. The Hall–Kier alpha value is -1.06. The summed E-state index contributed by atoms with van der Waals surface area (Å²) in [5.74, 6) is 0.913. The molecule has 0 saturated heterocycles. The number of hydrogen-bond donors (Lipinski definition) is 1. The van der Waals surface area contributed by atoms with Crippen LogP contribution in [0.4, 0.5) is 0 Å². The molecule has 1 aromatic carbocycles. The highest BCUT2D eigenvalue weighted by Gasteiger charge is 2.29. The second kappa shape index (κ2) is 6.40. The van der Waals surface area contributed by atoms with Crippen molar-refractivity contribution in [3.63, 3.8) is 0 Å². The molecule has 3 nitrogen and oxygen atoms in total. The minimum absolute atomic E-state index is 0.370. The van der Waals surface area contributed by atoms with E-state index in [-0.39, 0.29) is 0 Å². The van der Waals surface area contributed by atoms with Crippen molar-refractivity contribution in [3.8, 4) is 5.75 Å². The van der Waals surface area contributed by atoms with E-state index in [0.717, 1.165) is 23.4 Å². The van der Waals surface area contributed by atoms with Gasteiger partial charge in [0.1, 0.15) is 18.5 Å². The Bertz CT molecular complexity index is 395. The van der Waals surface area contributed by atoms with Crippen molar-refractivity contribution in [3.05, 3.63) is 29.3 Å². The monoisotopic (exact) mass is 263 g/mol. The van der Waals surface area contributed by atoms with Crippen LogP contribution in [0.25, 0.3) is 0 Å². The Labute approximate surface area is 116 Å². The van der Waals surface area contributed by atoms with Gasteiger partial charge in [-0.25, -0.2) is 0 Å². The molecule has 2 rings (SSSR count). The molecular weight excluding hydrogens is 238 g/mol. The van der Waals surface area contributed by atoms with Gasteiger partial charge >= 0.3 is 0 Å². The molecule has 0 amide bonds. The summed E-state index contributed by atoms with van der Waals surface area (Å²) in [4.78, 5) is 2.35. The molecular formula is C16H25NO2. The van der Waals surface area contributed by atoms with Crippen molar-refractivity contribution < 1.29 is 9.84 Å². The fraction of sp³-hybridized carbons (Fsp3) is 0.625. The van der Waals surface area contributed by atoms with E-state index in [1.807, 2.05) is 32.0 Å². The Balaban J connectivity index is 1.84. The quantitative estimate of drug-likeness (QED) is 0.820. The molecule has 1 atom stereocenters. The van der Waals surface area contributed by atoms with Gasteiger partial charge in [-0.1, -0.05) is 25.1 Å². The van der Waals surface area contributed by atoms with E-state index < -0.39 is 6.10 Å². The van der Waals surface area contributed by atoms with E-state index in [1.165, 1.54) is 12.8 Å². The zero-order chi connectivity index (χ0) is 13.8. The summed E-state index contributed by atoms with van der Waals surface area (Å²) in [6.45, 7) is 8.32. The summed E-state index contributed by atoms with van der Waals surface area (Å²) in [7, 11) is 0. The highest BCUT2D eigenvalue weighted by Crippen LogP contribution is 2.27. The van der Waals surface area contributed by atoms with Crippen molar-refractivity contribution in [1.82, 2.24) is 4.90 Å². The fourth-order valence-corrected chi connectivity index (χ4v) is 2.51. The van der Waals surface area contributed by atoms with Crippen LogP contribution in [0.2, 0.25) is 0 Å². The largest absolute Gasteiger partial charge is 0.490 e. The molecule has 1 aliphatic rings. The molecule has 1 saturated carbocycles. The van der Waals surface area contributed by atoms with E-state index >= 15 is 0 Å². The third-order valence-electron chi connectivity index (χ3n) is 3.74. The highest BCUT2D eigenvalue weighted by atomic mass is 16.5. The van der Waals surface area contributed by atoms with Crippen molar-refractivity contribution in [1.29, 1.82) is 0 Å². The van der Waals surface area contributed by atoms with Crippen LogP contribution in [0.3, 0.4) is 0 Å².